The van der Waals surface area contributed by atoms with Crippen LogP contribution >= 0.6 is 23.2 Å². The van der Waals surface area contributed by atoms with Crippen LogP contribution in [0.25, 0.3) is 0 Å². The average molecular weight is 488 g/mol. The van der Waals surface area contributed by atoms with Crippen LogP contribution in [0.15, 0.2) is 42.7 Å². The van der Waals surface area contributed by atoms with Gasteiger partial charge in [-0.25, -0.2) is 4.98 Å². The van der Waals surface area contributed by atoms with Gasteiger partial charge in [-0.15, -0.1) is 0 Å². The van der Waals surface area contributed by atoms with Gasteiger partial charge in [0.15, 0.2) is 0 Å². The van der Waals surface area contributed by atoms with Crippen LogP contribution in [0.1, 0.15) is 35.2 Å². The molecular weight excluding hydrogens is 461 g/mol. The summed E-state index contributed by atoms with van der Waals surface area (Å²) in [6.45, 7) is 4.06. The summed E-state index contributed by atoms with van der Waals surface area (Å²) in [6.07, 6.45) is 5.67. The zero-order chi connectivity index (χ0) is 24.0. The fraction of sp³-hybridized carbons (Fsp3) is 0.292. The number of hydrogen-bond donors (Lipinski definition) is 3. The molecule has 7 nitrogen and oxygen atoms in total. The quantitative estimate of drug-likeness (QED) is 0.337. The second kappa shape index (κ2) is 11.3. The summed E-state index contributed by atoms with van der Waals surface area (Å²) >= 11 is 12.5. The molecule has 33 heavy (non-hydrogen) atoms. The molecule has 3 heterocycles. The van der Waals surface area contributed by atoms with Crippen molar-refractivity contribution in [3.8, 4) is 5.75 Å². The highest BCUT2D eigenvalue weighted by Crippen LogP contribution is 2.29. The first-order valence-corrected chi connectivity index (χ1v) is 11.3. The van der Waals surface area contributed by atoms with Gasteiger partial charge < -0.3 is 20.5 Å². The van der Waals surface area contributed by atoms with Crippen molar-refractivity contribution < 1.29 is 9.84 Å². The SMILES string of the molecule is CO.Cc1ncc(Cl)c(COc2ccc(N)c(C(=N)c3ccc(N4CCCC4)nc3)c2)c1Cl. The van der Waals surface area contributed by atoms with Crippen molar-refractivity contribution in [3.63, 3.8) is 0 Å². The van der Waals surface area contributed by atoms with Gasteiger partial charge in [0.2, 0.25) is 0 Å². The van der Waals surface area contributed by atoms with Gasteiger partial charge >= 0.3 is 0 Å². The molecule has 1 aromatic carbocycles. The third kappa shape index (κ3) is 5.74. The van der Waals surface area contributed by atoms with Crippen LogP contribution in [0, 0.1) is 12.3 Å². The first-order chi connectivity index (χ1) is 15.9. The van der Waals surface area contributed by atoms with Crippen LogP contribution < -0.4 is 15.4 Å². The lowest BCUT2D eigenvalue weighted by Crippen LogP contribution is -2.19. The molecule has 0 unspecified atom stereocenters. The Bertz CT molecular complexity index is 1120. The number of pyridine rings is 2. The van der Waals surface area contributed by atoms with E-state index < -0.39 is 0 Å². The van der Waals surface area contributed by atoms with Gasteiger partial charge in [-0.3, -0.25) is 10.4 Å². The Hall–Kier alpha value is -2.87. The number of nitrogens with two attached hydrogens (primary N) is 1. The summed E-state index contributed by atoms with van der Waals surface area (Å²) < 4.78 is 5.91. The number of aryl methyl sites for hydroxylation is 1. The predicted octanol–water partition coefficient (Wildman–Crippen LogP) is 4.88. The lowest BCUT2D eigenvalue weighted by atomic mass is 10.0. The number of rotatable bonds is 6. The van der Waals surface area contributed by atoms with Crippen molar-refractivity contribution in [3.05, 3.63) is 75.2 Å². The van der Waals surface area contributed by atoms with E-state index in [0.717, 1.165) is 26.0 Å². The first kappa shape index (κ1) is 24.8. The van der Waals surface area contributed by atoms with E-state index in [1.807, 2.05) is 19.1 Å². The fourth-order valence-electron chi connectivity index (χ4n) is 3.56. The number of nitrogens with one attached hydrogen (secondary N) is 1. The molecule has 0 spiro atoms. The van der Waals surface area contributed by atoms with E-state index in [4.69, 9.17) is 44.2 Å². The van der Waals surface area contributed by atoms with Crippen LogP contribution in [0.2, 0.25) is 10.0 Å². The standard InChI is InChI=1S/C23H23Cl2N5O.CH4O/c1-14-22(25)18(19(24)12-28-14)13-31-16-5-6-20(26)17(10-16)23(27)15-4-7-21(29-11-15)30-8-2-3-9-30;1-2/h4-7,10-12,27H,2-3,8-9,13,26H2,1H3;2H,1H3. The molecular formula is C24H27Cl2N5O2. The number of aromatic nitrogens is 2. The molecule has 1 aliphatic heterocycles. The Morgan fingerprint density at radius 2 is 1.85 bits per heavy atom. The molecule has 174 valence electrons. The maximum atomic E-state index is 8.64. The minimum atomic E-state index is 0.184. The average Bonchev–Trinajstić information content (AvgIpc) is 3.38. The van der Waals surface area contributed by atoms with Crippen molar-refractivity contribution in [2.75, 3.05) is 30.8 Å². The Morgan fingerprint density at radius 1 is 1.12 bits per heavy atom. The molecule has 4 N–H and O–H groups in total. The first-order valence-electron chi connectivity index (χ1n) is 10.5. The molecule has 1 fully saturated rings. The summed E-state index contributed by atoms with van der Waals surface area (Å²) in [5.41, 5.74) is 9.58. The molecule has 9 heteroatoms. The van der Waals surface area contributed by atoms with E-state index in [1.54, 1.807) is 30.6 Å². The van der Waals surface area contributed by atoms with E-state index in [2.05, 4.69) is 14.9 Å². The summed E-state index contributed by atoms with van der Waals surface area (Å²) in [5, 5.41) is 16.6. The van der Waals surface area contributed by atoms with Crippen LogP contribution in [-0.2, 0) is 6.61 Å². The Morgan fingerprint density at radius 3 is 2.52 bits per heavy atom. The molecule has 0 aliphatic carbocycles. The van der Waals surface area contributed by atoms with Gasteiger partial charge in [0.05, 0.1) is 21.5 Å². The Balaban J connectivity index is 0.00000149. The molecule has 0 amide bonds. The zero-order valence-corrected chi connectivity index (χ0v) is 20.1. The predicted molar refractivity (Wildman–Crippen MR) is 134 cm³/mol. The van der Waals surface area contributed by atoms with Gasteiger partial charge in [-0.05, 0) is 50.1 Å². The lowest BCUT2D eigenvalue weighted by Gasteiger charge is -2.17. The lowest BCUT2D eigenvalue weighted by molar-refractivity contribution is 0.306. The third-order valence-electron chi connectivity index (χ3n) is 5.39. The van der Waals surface area contributed by atoms with Crippen molar-refractivity contribution in [1.29, 1.82) is 5.41 Å². The highest BCUT2D eigenvalue weighted by molar-refractivity contribution is 6.36. The number of aliphatic hydroxyl groups is 1. The van der Waals surface area contributed by atoms with Gasteiger partial charge in [0, 0.05) is 55.0 Å². The summed E-state index contributed by atoms with van der Waals surface area (Å²) in [6, 6.07) is 9.11. The molecule has 0 bridgehead atoms. The highest BCUT2D eigenvalue weighted by Gasteiger charge is 2.16. The number of aliphatic hydroxyl groups excluding tert-OH is 1. The fourth-order valence-corrected chi connectivity index (χ4v) is 4.01. The number of hydrogen-bond acceptors (Lipinski definition) is 7. The number of benzene rings is 1. The Labute approximate surface area is 203 Å². The molecule has 1 saturated heterocycles. The normalized spacial score (nSPS) is 12.8. The second-order valence-corrected chi connectivity index (χ2v) is 8.28. The molecule has 3 aromatic rings. The monoisotopic (exact) mass is 487 g/mol. The van der Waals surface area contributed by atoms with E-state index in [1.165, 1.54) is 12.8 Å². The number of nitrogens with zero attached hydrogens (tertiary/aromatic N) is 3. The largest absolute Gasteiger partial charge is 0.489 e. The molecule has 4 rings (SSSR count). The van der Waals surface area contributed by atoms with E-state index in [-0.39, 0.29) is 6.61 Å². The van der Waals surface area contributed by atoms with Crippen LogP contribution in [0.4, 0.5) is 11.5 Å². The van der Waals surface area contributed by atoms with Gasteiger partial charge in [0.25, 0.3) is 0 Å². The number of halogens is 2. The van der Waals surface area contributed by atoms with Crippen LogP contribution in [0.3, 0.4) is 0 Å². The molecule has 1 aliphatic rings. The topological polar surface area (TPSA) is 108 Å². The minimum absolute atomic E-state index is 0.184. The van der Waals surface area contributed by atoms with Crippen molar-refractivity contribution >= 4 is 40.4 Å². The van der Waals surface area contributed by atoms with Crippen molar-refractivity contribution in [1.82, 2.24) is 9.97 Å². The number of ether oxygens (including phenoxy) is 1. The maximum absolute atomic E-state index is 8.64. The van der Waals surface area contributed by atoms with Gasteiger partial charge in [-0.1, -0.05) is 23.2 Å². The van der Waals surface area contributed by atoms with Crippen molar-refractivity contribution in [2.45, 2.75) is 26.4 Å². The highest BCUT2D eigenvalue weighted by atomic mass is 35.5. The molecule has 0 atom stereocenters. The van der Waals surface area contributed by atoms with E-state index in [9.17, 15) is 0 Å². The molecule has 2 aromatic heterocycles. The maximum Gasteiger partial charge on any atom is 0.128 e. The number of anilines is 2. The Kier molecular flexibility index (Phi) is 8.49. The van der Waals surface area contributed by atoms with Gasteiger partial charge in [-0.2, -0.15) is 0 Å². The third-order valence-corrected chi connectivity index (χ3v) is 6.21. The van der Waals surface area contributed by atoms with Crippen LogP contribution in [0.5, 0.6) is 5.75 Å². The smallest absolute Gasteiger partial charge is 0.128 e. The molecule has 0 radical (unpaired) electrons. The van der Waals surface area contributed by atoms with E-state index in [0.29, 0.717) is 49.6 Å². The minimum Gasteiger partial charge on any atom is -0.489 e. The van der Waals surface area contributed by atoms with Crippen molar-refractivity contribution in [2.24, 2.45) is 0 Å². The second-order valence-electron chi connectivity index (χ2n) is 7.50. The summed E-state index contributed by atoms with van der Waals surface area (Å²) in [4.78, 5) is 10.9. The van der Waals surface area contributed by atoms with Crippen LogP contribution in [-0.4, -0.2) is 41.0 Å². The van der Waals surface area contributed by atoms with E-state index >= 15 is 0 Å². The summed E-state index contributed by atoms with van der Waals surface area (Å²) in [5.74, 6) is 1.51. The number of nitrogen functional groups attached to an aromatic ring is 1. The summed E-state index contributed by atoms with van der Waals surface area (Å²) in [7, 11) is 1.00. The molecule has 0 saturated carbocycles. The zero-order valence-electron chi connectivity index (χ0n) is 18.6. The van der Waals surface area contributed by atoms with Gasteiger partial charge in [0.1, 0.15) is 18.2 Å².